The van der Waals surface area contributed by atoms with Gasteiger partial charge in [-0.1, -0.05) is 41.9 Å². The SMILES string of the molecule is Cn1cc(C2CCCN2c2cnn(Cc3ccccc3)c(=O)c2Cl)cn1. The number of hydrogen-bond acceptors (Lipinski definition) is 4. The first-order valence-electron chi connectivity index (χ1n) is 8.68. The summed E-state index contributed by atoms with van der Waals surface area (Å²) in [5.41, 5.74) is 2.59. The summed E-state index contributed by atoms with van der Waals surface area (Å²) >= 11 is 6.47. The molecule has 0 spiro atoms. The number of rotatable bonds is 4. The molecule has 1 fully saturated rings. The van der Waals surface area contributed by atoms with Gasteiger partial charge in [0, 0.05) is 25.4 Å². The van der Waals surface area contributed by atoms with Crippen molar-refractivity contribution < 1.29 is 0 Å². The fourth-order valence-corrected chi connectivity index (χ4v) is 3.79. The minimum absolute atomic E-state index is 0.173. The smallest absolute Gasteiger partial charge is 0.287 e. The third kappa shape index (κ3) is 3.12. The molecule has 1 unspecified atom stereocenters. The van der Waals surface area contributed by atoms with Crippen LogP contribution in [-0.2, 0) is 13.6 Å². The molecule has 0 bridgehead atoms. The highest BCUT2D eigenvalue weighted by Gasteiger charge is 2.29. The molecule has 1 aromatic carbocycles. The Morgan fingerprint density at radius 1 is 1.19 bits per heavy atom. The van der Waals surface area contributed by atoms with Crippen molar-refractivity contribution in [1.29, 1.82) is 0 Å². The fraction of sp³-hybridized carbons (Fsp3) is 0.316. The van der Waals surface area contributed by atoms with Gasteiger partial charge in [-0.2, -0.15) is 10.2 Å². The summed E-state index contributed by atoms with van der Waals surface area (Å²) in [4.78, 5) is 14.9. The van der Waals surface area contributed by atoms with Gasteiger partial charge in [0.05, 0.1) is 30.7 Å². The average molecular weight is 370 g/mol. The second-order valence-corrected chi connectivity index (χ2v) is 6.97. The molecule has 1 saturated heterocycles. The lowest BCUT2D eigenvalue weighted by Gasteiger charge is -2.26. The van der Waals surface area contributed by atoms with Gasteiger partial charge in [0.15, 0.2) is 0 Å². The second kappa shape index (κ2) is 6.96. The summed E-state index contributed by atoms with van der Waals surface area (Å²) in [6, 6.07) is 9.94. The number of anilines is 1. The Bertz CT molecular complexity index is 966. The Hall–Kier alpha value is -2.60. The van der Waals surface area contributed by atoms with Crippen molar-refractivity contribution in [3.05, 3.63) is 75.4 Å². The van der Waals surface area contributed by atoms with E-state index in [9.17, 15) is 4.79 Å². The zero-order valence-electron chi connectivity index (χ0n) is 14.5. The molecule has 1 aliphatic rings. The minimum atomic E-state index is -0.259. The van der Waals surface area contributed by atoms with Crippen molar-refractivity contribution in [2.24, 2.45) is 7.05 Å². The van der Waals surface area contributed by atoms with Crippen LogP contribution >= 0.6 is 11.6 Å². The first kappa shape index (κ1) is 16.8. The highest BCUT2D eigenvalue weighted by molar-refractivity contribution is 6.33. The predicted molar refractivity (Wildman–Crippen MR) is 102 cm³/mol. The molecule has 26 heavy (non-hydrogen) atoms. The van der Waals surface area contributed by atoms with Gasteiger partial charge in [-0.25, -0.2) is 4.68 Å². The van der Waals surface area contributed by atoms with Crippen LogP contribution in [0.5, 0.6) is 0 Å². The summed E-state index contributed by atoms with van der Waals surface area (Å²) in [5.74, 6) is 0. The van der Waals surface area contributed by atoms with Crippen LogP contribution in [0.3, 0.4) is 0 Å². The summed E-state index contributed by atoms with van der Waals surface area (Å²) < 4.78 is 3.21. The van der Waals surface area contributed by atoms with E-state index in [1.165, 1.54) is 4.68 Å². The summed E-state index contributed by atoms with van der Waals surface area (Å²) in [5, 5.41) is 8.86. The van der Waals surface area contributed by atoms with E-state index < -0.39 is 0 Å². The molecule has 3 heterocycles. The molecule has 0 radical (unpaired) electrons. The average Bonchev–Trinajstić information content (AvgIpc) is 3.29. The van der Waals surface area contributed by atoms with Gasteiger partial charge in [-0.05, 0) is 18.4 Å². The van der Waals surface area contributed by atoms with Gasteiger partial charge >= 0.3 is 0 Å². The van der Waals surface area contributed by atoms with Crippen molar-refractivity contribution in [2.75, 3.05) is 11.4 Å². The van der Waals surface area contributed by atoms with E-state index in [4.69, 9.17) is 11.6 Å². The number of benzene rings is 1. The van der Waals surface area contributed by atoms with E-state index in [0.717, 1.165) is 30.5 Å². The number of halogens is 1. The van der Waals surface area contributed by atoms with Crippen LogP contribution in [0.1, 0.15) is 30.0 Å². The second-order valence-electron chi connectivity index (χ2n) is 6.59. The van der Waals surface area contributed by atoms with Gasteiger partial charge in [0.2, 0.25) is 0 Å². The molecule has 1 atom stereocenters. The lowest BCUT2D eigenvalue weighted by atomic mass is 10.1. The van der Waals surface area contributed by atoms with E-state index in [-0.39, 0.29) is 16.6 Å². The molecular weight excluding hydrogens is 350 g/mol. The monoisotopic (exact) mass is 369 g/mol. The molecule has 0 N–H and O–H groups in total. The van der Waals surface area contributed by atoms with Crippen molar-refractivity contribution >= 4 is 17.3 Å². The maximum absolute atomic E-state index is 12.7. The largest absolute Gasteiger partial charge is 0.362 e. The number of nitrogens with zero attached hydrogens (tertiary/aromatic N) is 5. The van der Waals surface area contributed by atoms with Crippen LogP contribution in [-0.4, -0.2) is 26.1 Å². The van der Waals surface area contributed by atoms with Gasteiger partial charge < -0.3 is 4.90 Å². The van der Waals surface area contributed by atoms with Gasteiger partial charge in [-0.3, -0.25) is 9.48 Å². The summed E-state index contributed by atoms with van der Waals surface area (Å²) in [7, 11) is 1.90. The van der Waals surface area contributed by atoms with E-state index in [1.807, 2.05) is 49.8 Å². The van der Waals surface area contributed by atoms with Crippen LogP contribution in [0.15, 0.2) is 53.7 Å². The molecule has 0 saturated carbocycles. The maximum atomic E-state index is 12.7. The van der Waals surface area contributed by atoms with E-state index in [0.29, 0.717) is 12.2 Å². The normalized spacial score (nSPS) is 17.0. The molecule has 134 valence electrons. The Balaban J connectivity index is 1.65. The van der Waals surface area contributed by atoms with Gasteiger partial charge in [-0.15, -0.1) is 0 Å². The van der Waals surface area contributed by atoms with Crippen molar-refractivity contribution in [3.8, 4) is 0 Å². The molecule has 2 aromatic heterocycles. The van der Waals surface area contributed by atoms with Crippen LogP contribution in [0.4, 0.5) is 5.69 Å². The van der Waals surface area contributed by atoms with Gasteiger partial charge in [0.25, 0.3) is 5.56 Å². The number of hydrogen-bond donors (Lipinski definition) is 0. The molecule has 1 aliphatic heterocycles. The molecule has 4 rings (SSSR count). The maximum Gasteiger partial charge on any atom is 0.287 e. The lowest BCUT2D eigenvalue weighted by Crippen LogP contribution is -2.29. The molecule has 7 heteroatoms. The van der Waals surface area contributed by atoms with Crippen molar-refractivity contribution in [2.45, 2.75) is 25.4 Å². The Labute approximate surface area is 156 Å². The highest BCUT2D eigenvalue weighted by Crippen LogP contribution is 2.37. The van der Waals surface area contributed by atoms with Crippen LogP contribution < -0.4 is 10.5 Å². The van der Waals surface area contributed by atoms with Crippen LogP contribution in [0.2, 0.25) is 5.02 Å². The quantitative estimate of drug-likeness (QED) is 0.709. The third-order valence-electron chi connectivity index (χ3n) is 4.81. The topological polar surface area (TPSA) is 56.0 Å². The van der Waals surface area contributed by atoms with Crippen LogP contribution in [0.25, 0.3) is 0 Å². The van der Waals surface area contributed by atoms with E-state index in [2.05, 4.69) is 15.1 Å². The van der Waals surface area contributed by atoms with Crippen molar-refractivity contribution in [1.82, 2.24) is 19.6 Å². The van der Waals surface area contributed by atoms with Gasteiger partial charge in [0.1, 0.15) is 5.02 Å². The molecule has 0 amide bonds. The number of aryl methyl sites for hydroxylation is 1. The Morgan fingerprint density at radius 2 is 2.00 bits per heavy atom. The fourth-order valence-electron chi connectivity index (χ4n) is 3.54. The summed E-state index contributed by atoms with van der Waals surface area (Å²) in [6.45, 7) is 1.26. The zero-order valence-corrected chi connectivity index (χ0v) is 15.3. The lowest BCUT2D eigenvalue weighted by molar-refractivity contribution is 0.633. The highest BCUT2D eigenvalue weighted by atomic mass is 35.5. The Morgan fingerprint density at radius 3 is 2.73 bits per heavy atom. The minimum Gasteiger partial charge on any atom is -0.362 e. The third-order valence-corrected chi connectivity index (χ3v) is 5.17. The zero-order chi connectivity index (χ0) is 18.1. The molecule has 6 nitrogen and oxygen atoms in total. The molecule has 0 aliphatic carbocycles. The first-order valence-corrected chi connectivity index (χ1v) is 9.06. The standard InChI is InChI=1S/C19H20ClN5O/c1-23-13-15(10-21-23)16-8-5-9-24(16)17-11-22-25(19(26)18(17)20)12-14-6-3-2-4-7-14/h2-4,6-7,10-11,13,16H,5,8-9,12H2,1H3. The van der Waals surface area contributed by atoms with Crippen molar-refractivity contribution in [3.63, 3.8) is 0 Å². The molecular formula is C19H20ClN5O. The number of aromatic nitrogens is 4. The predicted octanol–water partition coefficient (Wildman–Crippen LogP) is 3.02. The van der Waals surface area contributed by atoms with E-state index >= 15 is 0 Å². The molecule has 3 aromatic rings. The first-order chi connectivity index (χ1) is 12.6. The van der Waals surface area contributed by atoms with E-state index in [1.54, 1.807) is 10.9 Å². The summed E-state index contributed by atoms with van der Waals surface area (Å²) in [6.07, 6.45) is 7.65. The van der Waals surface area contributed by atoms with Crippen LogP contribution in [0, 0.1) is 0 Å². The Kier molecular flexibility index (Phi) is 4.51.